The first-order valence-electron chi connectivity index (χ1n) is 4.56. The molecular weight excluding hydrogens is 187 g/mol. The van der Waals surface area contributed by atoms with Crippen molar-refractivity contribution in [1.82, 2.24) is 9.97 Å². The monoisotopic (exact) mass is 198 g/mol. The molecule has 0 aliphatic carbocycles. The number of hydrogen-bond acceptors (Lipinski definition) is 4. The molecule has 2 rings (SSSR count). The molecule has 4 nitrogen and oxygen atoms in total. The molecule has 1 aliphatic heterocycles. The zero-order chi connectivity index (χ0) is 9.80. The normalized spacial score (nSPS) is 18.1. The minimum Gasteiger partial charge on any atom is -0.474 e. The Hall–Kier alpha value is -1.23. The maximum atomic E-state index is 12.7. The number of aromatic nitrogens is 2. The minimum atomic E-state index is -0.568. The van der Waals surface area contributed by atoms with Crippen molar-refractivity contribution < 1.29 is 13.9 Å². The third kappa shape index (κ3) is 2.38. The maximum Gasteiger partial charge on any atom is 0.219 e. The van der Waals surface area contributed by atoms with E-state index in [1.165, 1.54) is 6.07 Å². The molecule has 1 saturated heterocycles. The predicted octanol–water partition coefficient (Wildman–Crippen LogP) is 1.17. The van der Waals surface area contributed by atoms with Crippen LogP contribution in [0.3, 0.4) is 0 Å². The average Bonchev–Trinajstić information content (AvgIpc) is 2.19. The summed E-state index contributed by atoms with van der Waals surface area (Å²) in [6.45, 7) is 1.39. The molecule has 0 N–H and O–H groups in total. The summed E-state index contributed by atoms with van der Waals surface area (Å²) in [4.78, 5) is 7.17. The lowest BCUT2D eigenvalue weighted by Gasteiger charge is -2.22. The van der Waals surface area contributed by atoms with E-state index in [1.54, 1.807) is 0 Å². The van der Waals surface area contributed by atoms with E-state index in [9.17, 15) is 4.39 Å². The van der Waals surface area contributed by atoms with E-state index in [1.807, 2.05) is 0 Å². The van der Waals surface area contributed by atoms with Crippen LogP contribution in [0.2, 0.25) is 0 Å². The highest BCUT2D eigenvalue weighted by molar-refractivity contribution is 5.06. The van der Waals surface area contributed by atoms with Gasteiger partial charge in [-0.3, -0.25) is 0 Å². The zero-order valence-corrected chi connectivity index (χ0v) is 7.65. The average molecular weight is 198 g/mol. The van der Waals surface area contributed by atoms with Gasteiger partial charge in [0.2, 0.25) is 11.8 Å². The fourth-order valence-electron chi connectivity index (χ4n) is 1.35. The molecule has 0 radical (unpaired) electrons. The van der Waals surface area contributed by atoms with Crippen molar-refractivity contribution in [3.05, 3.63) is 18.3 Å². The van der Waals surface area contributed by atoms with Crippen molar-refractivity contribution in [3.63, 3.8) is 0 Å². The summed E-state index contributed by atoms with van der Waals surface area (Å²) in [7, 11) is 0. The Morgan fingerprint density at radius 3 is 2.86 bits per heavy atom. The van der Waals surface area contributed by atoms with E-state index in [2.05, 4.69) is 9.97 Å². The molecule has 76 valence electrons. The second kappa shape index (κ2) is 4.32. The molecule has 2 heterocycles. The van der Waals surface area contributed by atoms with Gasteiger partial charge in [0, 0.05) is 12.8 Å². The molecule has 14 heavy (non-hydrogen) atoms. The van der Waals surface area contributed by atoms with E-state index < -0.39 is 5.95 Å². The van der Waals surface area contributed by atoms with Gasteiger partial charge in [-0.2, -0.15) is 4.39 Å². The second-order valence-corrected chi connectivity index (χ2v) is 3.11. The Bertz CT molecular complexity index is 303. The van der Waals surface area contributed by atoms with Gasteiger partial charge < -0.3 is 9.47 Å². The highest BCUT2D eigenvalue weighted by Crippen LogP contribution is 2.15. The molecule has 5 heteroatoms. The summed E-state index contributed by atoms with van der Waals surface area (Å²) < 4.78 is 23.3. The van der Waals surface area contributed by atoms with Crippen LogP contribution in [-0.4, -0.2) is 29.3 Å². The molecule has 1 aliphatic rings. The van der Waals surface area contributed by atoms with Crippen molar-refractivity contribution in [3.8, 4) is 5.88 Å². The molecule has 0 saturated carbocycles. The van der Waals surface area contributed by atoms with Gasteiger partial charge in [0.1, 0.15) is 12.4 Å². The van der Waals surface area contributed by atoms with Gasteiger partial charge in [0.05, 0.1) is 19.3 Å². The summed E-state index contributed by atoms with van der Waals surface area (Å²) >= 11 is 0. The van der Waals surface area contributed by atoms with Crippen LogP contribution < -0.4 is 4.74 Å². The van der Waals surface area contributed by atoms with Crippen molar-refractivity contribution in [2.45, 2.75) is 18.9 Å². The van der Waals surface area contributed by atoms with Crippen LogP contribution in [0.1, 0.15) is 12.8 Å². The molecule has 0 unspecified atom stereocenters. The van der Waals surface area contributed by atoms with Crippen LogP contribution in [-0.2, 0) is 4.74 Å². The fourth-order valence-corrected chi connectivity index (χ4v) is 1.35. The summed E-state index contributed by atoms with van der Waals surface area (Å²) in [5.41, 5.74) is 0. The SMILES string of the molecule is Fc1cc(OC2CCOCC2)ncn1. The Morgan fingerprint density at radius 1 is 1.36 bits per heavy atom. The molecule has 0 bridgehead atoms. The van der Waals surface area contributed by atoms with Crippen LogP contribution in [0.15, 0.2) is 12.4 Å². The minimum absolute atomic E-state index is 0.0815. The van der Waals surface area contributed by atoms with Gasteiger partial charge in [-0.1, -0.05) is 0 Å². The summed E-state index contributed by atoms with van der Waals surface area (Å²) in [6.07, 6.45) is 2.89. The quantitative estimate of drug-likeness (QED) is 0.669. The molecule has 0 amide bonds. The predicted molar refractivity (Wildman–Crippen MR) is 46.5 cm³/mol. The third-order valence-corrected chi connectivity index (χ3v) is 2.06. The molecule has 1 fully saturated rings. The first-order valence-corrected chi connectivity index (χ1v) is 4.56. The summed E-state index contributed by atoms with van der Waals surface area (Å²) in [6, 6.07) is 1.19. The molecular formula is C9H11FN2O2. The van der Waals surface area contributed by atoms with E-state index in [0.717, 1.165) is 19.2 Å². The van der Waals surface area contributed by atoms with Crippen molar-refractivity contribution in [2.75, 3.05) is 13.2 Å². The van der Waals surface area contributed by atoms with E-state index in [-0.39, 0.29) is 6.10 Å². The number of hydrogen-bond donors (Lipinski definition) is 0. The standard InChI is InChI=1S/C9H11FN2O2/c10-8-5-9(12-6-11-8)14-7-1-3-13-4-2-7/h5-7H,1-4H2. The van der Waals surface area contributed by atoms with Gasteiger partial charge in [-0.05, 0) is 0 Å². The van der Waals surface area contributed by atoms with E-state index in [4.69, 9.17) is 9.47 Å². The topological polar surface area (TPSA) is 44.2 Å². The number of halogens is 1. The van der Waals surface area contributed by atoms with Crippen molar-refractivity contribution in [1.29, 1.82) is 0 Å². The van der Waals surface area contributed by atoms with Crippen LogP contribution in [0, 0.1) is 5.95 Å². The van der Waals surface area contributed by atoms with Crippen LogP contribution in [0.4, 0.5) is 4.39 Å². The van der Waals surface area contributed by atoms with Gasteiger partial charge in [0.25, 0.3) is 0 Å². The van der Waals surface area contributed by atoms with E-state index in [0.29, 0.717) is 19.1 Å². The molecule has 1 aromatic rings. The lowest BCUT2D eigenvalue weighted by atomic mass is 10.2. The highest BCUT2D eigenvalue weighted by atomic mass is 19.1. The molecule has 0 spiro atoms. The third-order valence-electron chi connectivity index (χ3n) is 2.06. The van der Waals surface area contributed by atoms with Crippen molar-refractivity contribution >= 4 is 0 Å². The van der Waals surface area contributed by atoms with Gasteiger partial charge in [-0.15, -0.1) is 0 Å². The van der Waals surface area contributed by atoms with Gasteiger partial charge in [-0.25, -0.2) is 9.97 Å². The first kappa shape index (κ1) is 9.33. The maximum absolute atomic E-state index is 12.7. The van der Waals surface area contributed by atoms with Crippen LogP contribution in [0.5, 0.6) is 5.88 Å². The molecule has 0 atom stereocenters. The van der Waals surface area contributed by atoms with Gasteiger partial charge in [0.15, 0.2) is 0 Å². The smallest absolute Gasteiger partial charge is 0.219 e. The van der Waals surface area contributed by atoms with Gasteiger partial charge >= 0.3 is 0 Å². The highest BCUT2D eigenvalue weighted by Gasteiger charge is 2.15. The lowest BCUT2D eigenvalue weighted by molar-refractivity contribution is 0.0235. The molecule has 1 aromatic heterocycles. The largest absolute Gasteiger partial charge is 0.474 e. The van der Waals surface area contributed by atoms with Crippen LogP contribution in [0.25, 0.3) is 0 Å². The van der Waals surface area contributed by atoms with Crippen molar-refractivity contribution in [2.24, 2.45) is 0 Å². The summed E-state index contributed by atoms with van der Waals surface area (Å²) in [5.74, 6) is -0.272. The fraction of sp³-hybridized carbons (Fsp3) is 0.556. The Morgan fingerprint density at radius 2 is 2.14 bits per heavy atom. The Labute approximate surface area is 81.1 Å². The Kier molecular flexibility index (Phi) is 2.88. The van der Waals surface area contributed by atoms with E-state index >= 15 is 0 Å². The first-order chi connectivity index (χ1) is 6.84. The Balaban J connectivity index is 1.95. The van der Waals surface area contributed by atoms with Crippen LogP contribution >= 0.6 is 0 Å². The number of rotatable bonds is 2. The zero-order valence-electron chi connectivity index (χ0n) is 7.65. The molecule has 0 aromatic carbocycles. The number of ether oxygens (including phenoxy) is 2. The lowest BCUT2D eigenvalue weighted by Crippen LogP contribution is -2.26. The second-order valence-electron chi connectivity index (χ2n) is 3.11. The number of nitrogens with zero attached hydrogens (tertiary/aromatic N) is 2. The summed E-state index contributed by atoms with van der Waals surface area (Å²) in [5, 5.41) is 0.